The van der Waals surface area contributed by atoms with Gasteiger partial charge in [0.25, 0.3) is 0 Å². The van der Waals surface area contributed by atoms with Crippen molar-refractivity contribution < 1.29 is 0 Å². The molecule has 0 aliphatic rings. The molecule has 4 heteroatoms. The lowest BCUT2D eigenvalue weighted by Crippen LogP contribution is -1.90. The van der Waals surface area contributed by atoms with Gasteiger partial charge in [-0.05, 0) is 24.6 Å². The minimum absolute atomic E-state index is 0.881. The maximum absolute atomic E-state index is 4.45. The minimum atomic E-state index is 0.881. The quantitative estimate of drug-likeness (QED) is 0.676. The van der Waals surface area contributed by atoms with Gasteiger partial charge in [0.2, 0.25) is 0 Å². The smallest absolute Gasteiger partial charge is 0.137 e. The second kappa shape index (κ2) is 3.72. The van der Waals surface area contributed by atoms with Crippen molar-refractivity contribution in [2.24, 2.45) is 0 Å². The Kier molecular flexibility index (Phi) is 2.22. The SMILES string of the molecule is Cc1cn2ccc(Cc3cscn3)cc2n1. The summed E-state index contributed by atoms with van der Waals surface area (Å²) in [7, 11) is 0. The Balaban J connectivity index is 1.98. The number of aromatic nitrogens is 3. The molecule has 16 heavy (non-hydrogen) atoms. The number of imidazole rings is 1. The molecule has 0 aliphatic carbocycles. The van der Waals surface area contributed by atoms with Gasteiger partial charge in [0, 0.05) is 24.2 Å². The summed E-state index contributed by atoms with van der Waals surface area (Å²) in [6.07, 6.45) is 4.96. The predicted octanol–water partition coefficient (Wildman–Crippen LogP) is 2.69. The predicted molar refractivity (Wildman–Crippen MR) is 64.8 cm³/mol. The van der Waals surface area contributed by atoms with E-state index in [-0.39, 0.29) is 0 Å². The fourth-order valence-corrected chi connectivity index (χ4v) is 2.35. The molecule has 0 saturated carbocycles. The highest BCUT2D eigenvalue weighted by Crippen LogP contribution is 2.12. The summed E-state index contributed by atoms with van der Waals surface area (Å²) >= 11 is 1.63. The minimum Gasteiger partial charge on any atom is -0.307 e. The van der Waals surface area contributed by atoms with Crippen LogP contribution in [0.5, 0.6) is 0 Å². The summed E-state index contributed by atoms with van der Waals surface area (Å²) in [5.74, 6) is 0. The molecule has 3 aromatic heterocycles. The molecule has 0 unspecified atom stereocenters. The maximum Gasteiger partial charge on any atom is 0.137 e. The number of rotatable bonds is 2. The average molecular weight is 229 g/mol. The van der Waals surface area contributed by atoms with Gasteiger partial charge in [-0.15, -0.1) is 11.3 Å². The molecule has 0 fully saturated rings. The molecule has 0 aliphatic heterocycles. The highest BCUT2D eigenvalue weighted by atomic mass is 32.1. The second-order valence-corrected chi connectivity index (χ2v) is 4.56. The van der Waals surface area contributed by atoms with Gasteiger partial charge in [-0.1, -0.05) is 0 Å². The van der Waals surface area contributed by atoms with Crippen LogP contribution in [0.2, 0.25) is 0 Å². The van der Waals surface area contributed by atoms with Crippen LogP contribution in [-0.2, 0) is 6.42 Å². The molecule has 3 heterocycles. The van der Waals surface area contributed by atoms with E-state index in [9.17, 15) is 0 Å². The molecule has 0 spiro atoms. The van der Waals surface area contributed by atoms with Crippen molar-refractivity contribution in [3.8, 4) is 0 Å². The van der Waals surface area contributed by atoms with E-state index in [1.165, 1.54) is 5.56 Å². The van der Waals surface area contributed by atoms with Crippen LogP contribution >= 0.6 is 11.3 Å². The highest BCUT2D eigenvalue weighted by Gasteiger charge is 2.01. The number of hydrogen-bond donors (Lipinski definition) is 0. The Hall–Kier alpha value is -1.68. The Morgan fingerprint density at radius 1 is 1.44 bits per heavy atom. The summed E-state index contributed by atoms with van der Waals surface area (Å²) in [6.45, 7) is 2.01. The average Bonchev–Trinajstić information content (AvgIpc) is 2.85. The Bertz CT molecular complexity index is 610. The molecular weight excluding hydrogens is 218 g/mol. The van der Waals surface area contributed by atoms with Crippen molar-refractivity contribution >= 4 is 17.0 Å². The lowest BCUT2D eigenvalue weighted by Gasteiger charge is -1.99. The van der Waals surface area contributed by atoms with Crippen LogP contribution in [0, 0.1) is 6.92 Å². The fourth-order valence-electron chi connectivity index (χ4n) is 1.79. The number of fused-ring (bicyclic) bond motifs is 1. The fraction of sp³-hybridized carbons (Fsp3) is 0.167. The first-order valence-electron chi connectivity index (χ1n) is 5.12. The van der Waals surface area contributed by atoms with Crippen molar-refractivity contribution in [3.63, 3.8) is 0 Å². The Morgan fingerprint density at radius 2 is 2.38 bits per heavy atom. The van der Waals surface area contributed by atoms with Crippen molar-refractivity contribution in [2.75, 3.05) is 0 Å². The molecule has 0 bridgehead atoms. The summed E-state index contributed by atoms with van der Waals surface area (Å²) in [4.78, 5) is 8.74. The van der Waals surface area contributed by atoms with E-state index >= 15 is 0 Å². The summed E-state index contributed by atoms with van der Waals surface area (Å²) < 4.78 is 2.04. The van der Waals surface area contributed by atoms with E-state index in [1.807, 2.05) is 23.0 Å². The number of pyridine rings is 1. The summed E-state index contributed by atoms with van der Waals surface area (Å²) in [5.41, 5.74) is 6.30. The van der Waals surface area contributed by atoms with Crippen molar-refractivity contribution in [1.82, 2.24) is 14.4 Å². The standard InChI is InChI=1S/C12H11N3S/c1-9-6-15-3-2-10(5-12(15)14-9)4-11-7-16-8-13-11/h2-3,5-8H,4H2,1H3. The number of aryl methyl sites for hydroxylation is 1. The zero-order valence-electron chi connectivity index (χ0n) is 8.92. The first-order valence-corrected chi connectivity index (χ1v) is 6.07. The summed E-state index contributed by atoms with van der Waals surface area (Å²) in [6, 6.07) is 4.24. The maximum atomic E-state index is 4.45. The van der Waals surface area contributed by atoms with E-state index < -0.39 is 0 Å². The second-order valence-electron chi connectivity index (χ2n) is 3.84. The number of nitrogens with zero attached hydrogens (tertiary/aromatic N) is 3. The van der Waals surface area contributed by atoms with Crippen molar-refractivity contribution in [3.05, 3.63) is 52.4 Å². The van der Waals surface area contributed by atoms with Gasteiger partial charge in [-0.3, -0.25) is 0 Å². The monoisotopic (exact) mass is 229 g/mol. The summed E-state index contributed by atoms with van der Waals surface area (Å²) in [5, 5.41) is 2.08. The van der Waals surface area contributed by atoms with E-state index in [1.54, 1.807) is 11.3 Å². The first kappa shape index (κ1) is 9.54. The van der Waals surface area contributed by atoms with Gasteiger partial charge in [-0.25, -0.2) is 9.97 Å². The Labute approximate surface area is 97.4 Å². The van der Waals surface area contributed by atoms with Gasteiger partial charge < -0.3 is 4.40 Å². The van der Waals surface area contributed by atoms with Crippen molar-refractivity contribution in [1.29, 1.82) is 0 Å². The van der Waals surface area contributed by atoms with Crippen LogP contribution in [0.4, 0.5) is 0 Å². The molecule has 3 rings (SSSR count). The lowest BCUT2D eigenvalue weighted by molar-refractivity contribution is 1.08. The molecular formula is C12H11N3S. The van der Waals surface area contributed by atoms with Crippen LogP contribution in [-0.4, -0.2) is 14.4 Å². The van der Waals surface area contributed by atoms with Crippen LogP contribution < -0.4 is 0 Å². The number of thiazole rings is 1. The van der Waals surface area contributed by atoms with E-state index in [0.29, 0.717) is 0 Å². The zero-order valence-corrected chi connectivity index (χ0v) is 9.74. The third kappa shape index (κ3) is 1.72. The van der Waals surface area contributed by atoms with Crippen LogP contribution in [0.1, 0.15) is 17.0 Å². The zero-order chi connectivity index (χ0) is 11.0. The first-order chi connectivity index (χ1) is 7.81. The van der Waals surface area contributed by atoms with Crippen molar-refractivity contribution in [2.45, 2.75) is 13.3 Å². The molecule has 0 saturated heterocycles. The van der Waals surface area contributed by atoms with Crippen LogP contribution in [0.25, 0.3) is 5.65 Å². The molecule has 80 valence electrons. The van der Waals surface area contributed by atoms with Crippen LogP contribution in [0.15, 0.2) is 35.4 Å². The van der Waals surface area contributed by atoms with Gasteiger partial charge in [-0.2, -0.15) is 0 Å². The van der Waals surface area contributed by atoms with Crippen LogP contribution in [0.3, 0.4) is 0 Å². The third-order valence-electron chi connectivity index (χ3n) is 2.51. The van der Waals surface area contributed by atoms with Gasteiger partial charge >= 0.3 is 0 Å². The third-order valence-corrected chi connectivity index (χ3v) is 3.15. The van der Waals surface area contributed by atoms with E-state index in [2.05, 4.69) is 33.7 Å². The largest absolute Gasteiger partial charge is 0.307 e. The van der Waals surface area contributed by atoms with Gasteiger partial charge in [0.15, 0.2) is 0 Å². The number of hydrogen-bond acceptors (Lipinski definition) is 3. The van der Waals surface area contributed by atoms with E-state index in [4.69, 9.17) is 0 Å². The van der Waals surface area contributed by atoms with E-state index in [0.717, 1.165) is 23.5 Å². The van der Waals surface area contributed by atoms with Gasteiger partial charge in [0.05, 0.1) is 16.9 Å². The molecule has 0 radical (unpaired) electrons. The Morgan fingerprint density at radius 3 is 3.19 bits per heavy atom. The molecule has 0 N–H and O–H groups in total. The molecule has 0 amide bonds. The lowest BCUT2D eigenvalue weighted by atomic mass is 10.1. The normalized spacial score (nSPS) is 11.1. The topological polar surface area (TPSA) is 30.2 Å². The van der Waals surface area contributed by atoms with Gasteiger partial charge in [0.1, 0.15) is 5.65 Å². The highest BCUT2D eigenvalue weighted by molar-refractivity contribution is 7.07. The molecule has 3 nitrogen and oxygen atoms in total. The molecule has 3 aromatic rings. The molecule has 0 atom stereocenters. The molecule has 0 aromatic carbocycles.